The van der Waals surface area contributed by atoms with Gasteiger partial charge in [0.05, 0.1) is 13.2 Å². The number of carbonyl (C=O) groups excluding carboxylic acids is 1. The zero-order valence-electron chi connectivity index (χ0n) is 7.29. The quantitative estimate of drug-likeness (QED) is 0.637. The van der Waals surface area contributed by atoms with Crippen LogP contribution in [-0.4, -0.2) is 30.7 Å². The Morgan fingerprint density at radius 3 is 3.00 bits per heavy atom. The maximum absolute atomic E-state index is 11.2. The zero-order valence-corrected chi connectivity index (χ0v) is 7.29. The van der Waals surface area contributed by atoms with E-state index in [-0.39, 0.29) is 12.5 Å². The van der Waals surface area contributed by atoms with E-state index in [0.29, 0.717) is 25.4 Å². The lowest BCUT2D eigenvalue weighted by Crippen LogP contribution is -2.27. The molecule has 0 aromatic carbocycles. The predicted molar refractivity (Wildman–Crippen MR) is 44.9 cm³/mol. The summed E-state index contributed by atoms with van der Waals surface area (Å²) in [6, 6.07) is 0. The van der Waals surface area contributed by atoms with Crippen LogP contribution in [0.15, 0.2) is 0 Å². The van der Waals surface area contributed by atoms with Crippen LogP contribution < -0.4 is 0 Å². The number of ether oxygens (including phenoxy) is 1. The summed E-state index contributed by atoms with van der Waals surface area (Å²) in [5, 5.41) is 8.55. The van der Waals surface area contributed by atoms with Crippen LogP contribution in [0.3, 0.4) is 0 Å². The first-order valence-corrected chi connectivity index (χ1v) is 4.56. The SMILES string of the molecule is O=C1CCOC[C@@H]1CCCCO. The number of aliphatic hydroxyl groups excluding tert-OH is 1. The standard InChI is InChI=1S/C9H16O3/c10-5-2-1-3-8-7-12-6-4-9(8)11/h8,10H,1-7H2/t8-/m0/s1. The van der Waals surface area contributed by atoms with Crippen molar-refractivity contribution in [2.45, 2.75) is 25.7 Å². The van der Waals surface area contributed by atoms with E-state index in [0.717, 1.165) is 19.3 Å². The summed E-state index contributed by atoms with van der Waals surface area (Å²) < 4.78 is 5.20. The smallest absolute Gasteiger partial charge is 0.140 e. The molecule has 1 aliphatic rings. The molecule has 70 valence electrons. The molecule has 1 fully saturated rings. The lowest BCUT2D eigenvalue weighted by Gasteiger charge is -2.20. The molecule has 12 heavy (non-hydrogen) atoms. The second kappa shape index (κ2) is 5.27. The molecule has 0 saturated carbocycles. The Hall–Kier alpha value is -0.410. The van der Waals surface area contributed by atoms with Crippen LogP contribution in [0.1, 0.15) is 25.7 Å². The molecule has 0 amide bonds. The molecular weight excluding hydrogens is 156 g/mol. The fraction of sp³-hybridized carbons (Fsp3) is 0.889. The van der Waals surface area contributed by atoms with Crippen LogP contribution in [0.25, 0.3) is 0 Å². The number of ketones is 1. The van der Waals surface area contributed by atoms with E-state index in [1.54, 1.807) is 0 Å². The topological polar surface area (TPSA) is 46.5 Å². The van der Waals surface area contributed by atoms with Gasteiger partial charge in [-0.25, -0.2) is 0 Å². The van der Waals surface area contributed by atoms with Gasteiger partial charge in [0.2, 0.25) is 0 Å². The van der Waals surface area contributed by atoms with E-state index in [1.165, 1.54) is 0 Å². The average molecular weight is 172 g/mol. The van der Waals surface area contributed by atoms with E-state index >= 15 is 0 Å². The van der Waals surface area contributed by atoms with Crippen LogP contribution in [-0.2, 0) is 9.53 Å². The summed E-state index contributed by atoms with van der Waals surface area (Å²) >= 11 is 0. The van der Waals surface area contributed by atoms with Crippen molar-refractivity contribution in [2.24, 2.45) is 5.92 Å². The van der Waals surface area contributed by atoms with E-state index in [9.17, 15) is 4.79 Å². The van der Waals surface area contributed by atoms with Gasteiger partial charge in [-0.2, -0.15) is 0 Å². The first-order chi connectivity index (χ1) is 5.84. The lowest BCUT2D eigenvalue weighted by molar-refractivity contribution is -0.130. The maximum Gasteiger partial charge on any atom is 0.140 e. The van der Waals surface area contributed by atoms with Crippen molar-refractivity contribution in [3.8, 4) is 0 Å². The third-order valence-electron chi connectivity index (χ3n) is 2.23. The molecule has 1 aliphatic heterocycles. The molecule has 1 saturated heterocycles. The molecule has 1 heterocycles. The van der Waals surface area contributed by atoms with Crippen LogP contribution in [0, 0.1) is 5.92 Å². The second-order valence-corrected chi connectivity index (χ2v) is 3.21. The Morgan fingerprint density at radius 2 is 2.33 bits per heavy atom. The summed E-state index contributed by atoms with van der Waals surface area (Å²) in [5.74, 6) is 0.435. The number of unbranched alkanes of at least 4 members (excludes halogenated alkanes) is 1. The molecule has 3 heteroatoms. The van der Waals surface area contributed by atoms with Crippen LogP contribution in [0.4, 0.5) is 0 Å². The van der Waals surface area contributed by atoms with Gasteiger partial charge in [-0.05, 0) is 12.8 Å². The number of Topliss-reactive ketones (excluding diaryl/α,β-unsaturated/α-hetero) is 1. The maximum atomic E-state index is 11.2. The summed E-state index contributed by atoms with van der Waals surface area (Å²) in [6.07, 6.45) is 3.17. The highest BCUT2D eigenvalue weighted by atomic mass is 16.5. The number of aliphatic hydroxyl groups is 1. The summed E-state index contributed by atoms with van der Waals surface area (Å²) in [4.78, 5) is 11.2. The largest absolute Gasteiger partial charge is 0.396 e. The monoisotopic (exact) mass is 172 g/mol. The first-order valence-electron chi connectivity index (χ1n) is 4.56. The average Bonchev–Trinajstić information content (AvgIpc) is 2.09. The first kappa shape index (κ1) is 9.68. The number of rotatable bonds is 4. The van der Waals surface area contributed by atoms with Gasteiger partial charge in [-0.15, -0.1) is 0 Å². The van der Waals surface area contributed by atoms with Gasteiger partial charge in [0.25, 0.3) is 0 Å². The fourth-order valence-electron chi connectivity index (χ4n) is 1.44. The minimum Gasteiger partial charge on any atom is -0.396 e. The van der Waals surface area contributed by atoms with Crippen molar-refractivity contribution < 1.29 is 14.6 Å². The van der Waals surface area contributed by atoms with E-state index < -0.39 is 0 Å². The highest BCUT2D eigenvalue weighted by molar-refractivity contribution is 5.81. The van der Waals surface area contributed by atoms with Gasteiger partial charge in [0.15, 0.2) is 0 Å². The van der Waals surface area contributed by atoms with Crippen molar-refractivity contribution in [2.75, 3.05) is 19.8 Å². The van der Waals surface area contributed by atoms with Gasteiger partial charge in [-0.1, -0.05) is 6.42 Å². The molecule has 0 aliphatic carbocycles. The lowest BCUT2D eigenvalue weighted by atomic mass is 9.95. The highest BCUT2D eigenvalue weighted by Crippen LogP contribution is 2.16. The predicted octanol–water partition coefficient (Wildman–Crippen LogP) is 0.755. The second-order valence-electron chi connectivity index (χ2n) is 3.21. The molecule has 1 atom stereocenters. The minimum absolute atomic E-state index is 0.102. The third-order valence-corrected chi connectivity index (χ3v) is 2.23. The molecule has 1 rings (SSSR count). The van der Waals surface area contributed by atoms with E-state index in [1.807, 2.05) is 0 Å². The van der Waals surface area contributed by atoms with Crippen molar-refractivity contribution in [1.82, 2.24) is 0 Å². The van der Waals surface area contributed by atoms with Gasteiger partial charge < -0.3 is 9.84 Å². The van der Waals surface area contributed by atoms with Crippen molar-refractivity contribution in [3.05, 3.63) is 0 Å². The van der Waals surface area contributed by atoms with Crippen LogP contribution >= 0.6 is 0 Å². The van der Waals surface area contributed by atoms with E-state index in [4.69, 9.17) is 9.84 Å². The normalized spacial score (nSPS) is 24.4. The van der Waals surface area contributed by atoms with Crippen LogP contribution in [0.2, 0.25) is 0 Å². The molecule has 1 N–H and O–H groups in total. The van der Waals surface area contributed by atoms with Gasteiger partial charge in [-0.3, -0.25) is 4.79 Å². The fourth-order valence-corrected chi connectivity index (χ4v) is 1.44. The number of carbonyl (C=O) groups is 1. The molecule has 0 radical (unpaired) electrons. The highest BCUT2D eigenvalue weighted by Gasteiger charge is 2.21. The summed E-state index contributed by atoms with van der Waals surface area (Å²) in [5.41, 5.74) is 0. The Bertz CT molecular complexity index is 145. The molecule has 0 aromatic rings. The van der Waals surface area contributed by atoms with Crippen LogP contribution in [0.5, 0.6) is 0 Å². The van der Waals surface area contributed by atoms with Crippen molar-refractivity contribution in [1.29, 1.82) is 0 Å². The van der Waals surface area contributed by atoms with Gasteiger partial charge in [0, 0.05) is 18.9 Å². The third kappa shape index (κ3) is 2.91. The van der Waals surface area contributed by atoms with Gasteiger partial charge in [0.1, 0.15) is 5.78 Å². The van der Waals surface area contributed by atoms with Gasteiger partial charge >= 0.3 is 0 Å². The molecule has 0 spiro atoms. The number of hydrogen-bond acceptors (Lipinski definition) is 3. The molecular formula is C9H16O3. The minimum atomic E-state index is 0.102. The summed E-state index contributed by atoms with van der Waals surface area (Å²) in [6.45, 7) is 1.40. The number of hydrogen-bond donors (Lipinski definition) is 1. The molecule has 0 bridgehead atoms. The Labute approximate surface area is 72.7 Å². The molecule has 0 aromatic heterocycles. The Kier molecular flexibility index (Phi) is 4.25. The van der Waals surface area contributed by atoms with Crippen molar-refractivity contribution in [3.63, 3.8) is 0 Å². The van der Waals surface area contributed by atoms with Crippen molar-refractivity contribution >= 4 is 5.78 Å². The Morgan fingerprint density at radius 1 is 1.50 bits per heavy atom. The molecule has 3 nitrogen and oxygen atoms in total. The zero-order chi connectivity index (χ0) is 8.81. The van der Waals surface area contributed by atoms with E-state index in [2.05, 4.69) is 0 Å². The summed E-state index contributed by atoms with van der Waals surface area (Å²) in [7, 11) is 0. The molecule has 0 unspecified atom stereocenters. The Balaban J connectivity index is 2.16.